The van der Waals surface area contributed by atoms with Crippen LogP contribution in [0.25, 0.3) is 10.2 Å². The second-order valence-electron chi connectivity index (χ2n) is 5.31. The topological polar surface area (TPSA) is 64.1 Å². The van der Waals surface area contributed by atoms with E-state index in [9.17, 15) is 4.79 Å². The van der Waals surface area contributed by atoms with E-state index in [1.54, 1.807) is 0 Å². The van der Waals surface area contributed by atoms with Crippen molar-refractivity contribution in [3.8, 4) is 5.88 Å². The van der Waals surface area contributed by atoms with Gasteiger partial charge in [-0.2, -0.15) is 0 Å². The number of hydrogen-bond donors (Lipinski definition) is 1. The van der Waals surface area contributed by atoms with Crippen molar-refractivity contribution in [3.63, 3.8) is 0 Å². The third-order valence-corrected chi connectivity index (χ3v) is 4.65. The Morgan fingerprint density at radius 2 is 1.92 bits per heavy atom. The summed E-state index contributed by atoms with van der Waals surface area (Å²) >= 11 is 1.52. The van der Waals surface area contributed by atoms with Crippen LogP contribution < -0.4 is 10.1 Å². The van der Waals surface area contributed by atoms with E-state index in [1.807, 2.05) is 29.6 Å². The number of benzene rings is 1. The Morgan fingerprint density at radius 3 is 2.62 bits per heavy atom. The molecule has 0 spiro atoms. The lowest BCUT2D eigenvalue weighted by molar-refractivity contribution is -0.118. The number of nitrogens with zero attached hydrogens (tertiary/aromatic N) is 2. The predicted octanol–water partition coefficient (Wildman–Crippen LogP) is 3.83. The lowest BCUT2D eigenvalue weighted by Crippen LogP contribution is -2.22. The average Bonchev–Trinajstić information content (AvgIpc) is 3.09. The van der Waals surface area contributed by atoms with Crippen LogP contribution in [0, 0.1) is 0 Å². The van der Waals surface area contributed by atoms with Crippen molar-refractivity contribution in [1.82, 2.24) is 9.97 Å². The number of thiophene rings is 1. The summed E-state index contributed by atoms with van der Waals surface area (Å²) < 4.78 is 5.60. The molecule has 0 aliphatic carbocycles. The number of anilines is 1. The fraction of sp³-hybridized carbons (Fsp3) is 0.278. The number of carbonyl (C=O) groups excluding carboxylic acids is 1. The molecule has 0 fully saturated rings. The van der Waals surface area contributed by atoms with Gasteiger partial charge in [-0.3, -0.25) is 4.79 Å². The minimum atomic E-state index is -0.187. The Bertz CT molecular complexity index is 838. The normalized spacial score (nSPS) is 10.8. The first kappa shape index (κ1) is 16.4. The maximum absolute atomic E-state index is 12.3. The lowest BCUT2D eigenvalue weighted by atomic mass is 10.0. The zero-order valence-corrected chi connectivity index (χ0v) is 14.5. The van der Waals surface area contributed by atoms with Gasteiger partial charge in [0.05, 0.1) is 5.39 Å². The molecule has 24 heavy (non-hydrogen) atoms. The Labute approximate surface area is 144 Å². The predicted molar refractivity (Wildman–Crippen MR) is 96.7 cm³/mol. The molecule has 0 saturated carbocycles. The highest BCUT2D eigenvalue weighted by atomic mass is 32.1. The van der Waals surface area contributed by atoms with E-state index in [1.165, 1.54) is 17.7 Å². The molecule has 2 heterocycles. The third-order valence-electron chi connectivity index (χ3n) is 3.83. The van der Waals surface area contributed by atoms with Gasteiger partial charge < -0.3 is 10.1 Å². The van der Waals surface area contributed by atoms with E-state index in [0.29, 0.717) is 5.88 Å². The van der Waals surface area contributed by atoms with Crippen LogP contribution in [0.2, 0.25) is 0 Å². The van der Waals surface area contributed by atoms with Crippen LogP contribution in [-0.4, -0.2) is 22.5 Å². The number of carbonyl (C=O) groups is 1. The van der Waals surface area contributed by atoms with Crippen LogP contribution in [0.4, 0.5) is 5.69 Å². The number of nitrogens with one attached hydrogen (secondary N) is 1. The van der Waals surface area contributed by atoms with Crippen molar-refractivity contribution in [2.24, 2.45) is 0 Å². The number of para-hydroxylation sites is 1. The zero-order valence-electron chi connectivity index (χ0n) is 13.7. The molecule has 1 N–H and O–H groups in total. The van der Waals surface area contributed by atoms with Gasteiger partial charge in [0.2, 0.25) is 5.88 Å². The second-order valence-corrected chi connectivity index (χ2v) is 6.21. The van der Waals surface area contributed by atoms with Gasteiger partial charge in [0.25, 0.3) is 5.91 Å². The second kappa shape index (κ2) is 7.40. The van der Waals surface area contributed by atoms with Gasteiger partial charge in [-0.15, -0.1) is 11.3 Å². The monoisotopic (exact) mass is 341 g/mol. The minimum absolute atomic E-state index is 0.0802. The van der Waals surface area contributed by atoms with Crippen molar-refractivity contribution in [2.75, 3.05) is 11.9 Å². The van der Waals surface area contributed by atoms with Crippen molar-refractivity contribution >= 4 is 33.1 Å². The SMILES string of the molecule is CCc1cccc(CC)c1NC(=O)COc1ncnc2sccc12. The molecule has 2 aromatic heterocycles. The highest BCUT2D eigenvalue weighted by molar-refractivity contribution is 7.16. The number of rotatable bonds is 6. The molecule has 3 aromatic rings. The Morgan fingerprint density at radius 1 is 1.17 bits per heavy atom. The fourth-order valence-corrected chi connectivity index (χ4v) is 3.32. The third kappa shape index (κ3) is 3.38. The van der Waals surface area contributed by atoms with Crippen molar-refractivity contribution in [2.45, 2.75) is 26.7 Å². The highest BCUT2D eigenvalue weighted by Crippen LogP contribution is 2.26. The Balaban J connectivity index is 1.72. The molecule has 0 aliphatic rings. The Kier molecular flexibility index (Phi) is 5.05. The maximum atomic E-state index is 12.3. The van der Waals surface area contributed by atoms with Gasteiger partial charge in [0, 0.05) is 5.69 Å². The Hall–Kier alpha value is -2.47. The first-order valence-electron chi connectivity index (χ1n) is 7.94. The van der Waals surface area contributed by atoms with Crippen molar-refractivity contribution in [3.05, 3.63) is 47.1 Å². The van der Waals surface area contributed by atoms with Gasteiger partial charge in [0.15, 0.2) is 6.61 Å². The van der Waals surface area contributed by atoms with Gasteiger partial charge in [0.1, 0.15) is 11.2 Å². The molecular weight excluding hydrogens is 322 g/mol. The van der Waals surface area contributed by atoms with E-state index >= 15 is 0 Å². The first-order chi connectivity index (χ1) is 11.7. The average molecular weight is 341 g/mol. The smallest absolute Gasteiger partial charge is 0.262 e. The van der Waals surface area contributed by atoms with Crippen molar-refractivity contribution < 1.29 is 9.53 Å². The molecule has 1 amide bonds. The summed E-state index contributed by atoms with van der Waals surface area (Å²) in [4.78, 5) is 21.5. The number of amides is 1. The van der Waals surface area contributed by atoms with Gasteiger partial charge in [-0.05, 0) is 35.4 Å². The zero-order chi connectivity index (χ0) is 16.9. The van der Waals surface area contributed by atoms with Gasteiger partial charge >= 0.3 is 0 Å². The summed E-state index contributed by atoms with van der Waals surface area (Å²) in [5, 5.41) is 5.75. The molecule has 3 rings (SSSR count). The molecule has 0 radical (unpaired) electrons. The number of ether oxygens (including phenoxy) is 1. The largest absolute Gasteiger partial charge is 0.467 e. The first-order valence-corrected chi connectivity index (χ1v) is 8.82. The standard InChI is InChI=1S/C18H19N3O2S/c1-3-12-6-5-7-13(4-2)16(12)21-15(22)10-23-17-14-8-9-24-18(14)20-11-19-17/h5-9,11H,3-4,10H2,1-2H3,(H,21,22). The molecular formula is C18H19N3O2S. The van der Waals surface area contributed by atoms with Gasteiger partial charge in [-0.1, -0.05) is 32.0 Å². The summed E-state index contributed by atoms with van der Waals surface area (Å²) in [6.45, 7) is 4.08. The molecule has 0 bridgehead atoms. The van der Waals surface area contributed by atoms with Crippen LogP contribution in [0.15, 0.2) is 36.0 Å². The molecule has 0 atom stereocenters. The fourth-order valence-electron chi connectivity index (χ4n) is 2.59. The number of aryl methyl sites for hydroxylation is 2. The highest BCUT2D eigenvalue weighted by Gasteiger charge is 2.12. The van der Waals surface area contributed by atoms with Crippen LogP contribution in [0.3, 0.4) is 0 Å². The quantitative estimate of drug-likeness (QED) is 0.740. The van der Waals surface area contributed by atoms with Gasteiger partial charge in [-0.25, -0.2) is 9.97 Å². The molecule has 0 saturated heterocycles. The van der Waals surface area contributed by atoms with Crippen LogP contribution in [-0.2, 0) is 17.6 Å². The van der Waals surface area contributed by atoms with Crippen LogP contribution in [0.1, 0.15) is 25.0 Å². The summed E-state index contributed by atoms with van der Waals surface area (Å²) in [6.07, 6.45) is 3.19. The van der Waals surface area contributed by atoms with Crippen molar-refractivity contribution in [1.29, 1.82) is 0 Å². The van der Waals surface area contributed by atoms with Crippen LogP contribution >= 0.6 is 11.3 Å². The summed E-state index contributed by atoms with van der Waals surface area (Å²) in [5.74, 6) is 0.253. The van der Waals surface area contributed by atoms with E-state index in [2.05, 4.69) is 29.1 Å². The molecule has 0 unspecified atom stereocenters. The molecule has 124 valence electrons. The summed E-state index contributed by atoms with van der Waals surface area (Å²) in [7, 11) is 0. The molecule has 0 aliphatic heterocycles. The number of hydrogen-bond acceptors (Lipinski definition) is 5. The number of fused-ring (bicyclic) bond motifs is 1. The summed E-state index contributed by atoms with van der Waals surface area (Å²) in [5.41, 5.74) is 3.16. The van der Waals surface area contributed by atoms with E-state index in [0.717, 1.165) is 39.9 Å². The lowest BCUT2D eigenvalue weighted by Gasteiger charge is -2.14. The summed E-state index contributed by atoms with van der Waals surface area (Å²) in [6, 6.07) is 8.00. The minimum Gasteiger partial charge on any atom is -0.467 e. The molecule has 6 heteroatoms. The van der Waals surface area contributed by atoms with E-state index in [-0.39, 0.29) is 12.5 Å². The van der Waals surface area contributed by atoms with E-state index in [4.69, 9.17) is 4.74 Å². The molecule has 1 aromatic carbocycles. The molecule has 5 nitrogen and oxygen atoms in total. The van der Waals surface area contributed by atoms with Crippen LogP contribution in [0.5, 0.6) is 5.88 Å². The number of aromatic nitrogens is 2. The maximum Gasteiger partial charge on any atom is 0.262 e. The van der Waals surface area contributed by atoms with E-state index < -0.39 is 0 Å².